The zero-order valence-corrected chi connectivity index (χ0v) is 9.31. The summed E-state index contributed by atoms with van der Waals surface area (Å²) in [5.41, 5.74) is 3.37. The van der Waals surface area contributed by atoms with Crippen LogP contribution >= 0.6 is 0 Å². The number of halogens is 1. The molecule has 1 aliphatic heterocycles. The summed E-state index contributed by atoms with van der Waals surface area (Å²) in [5.74, 6) is -0.181. The van der Waals surface area contributed by atoms with Crippen LogP contribution in [-0.4, -0.2) is 11.5 Å². The summed E-state index contributed by atoms with van der Waals surface area (Å²) in [6.07, 6.45) is 2.38. The molecule has 1 aromatic carbocycles. The number of hydrogen-bond acceptors (Lipinski definition) is 1. The monoisotopic (exact) mass is 218 g/mol. The molecule has 0 saturated carbocycles. The topological polar surface area (TPSA) is 27.8 Å². The zero-order valence-electron chi connectivity index (χ0n) is 9.31. The Balaban J connectivity index is 2.14. The molecular formula is C13H15FN2. The van der Waals surface area contributed by atoms with Crippen LogP contribution in [0.1, 0.15) is 30.1 Å². The van der Waals surface area contributed by atoms with E-state index in [-0.39, 0.29) is 5.82 Å². The van der Waals surface area contributed by atoms with Gasteiger partial charge in [-0.15, -0.1) is 0 Å². The first kappa shape index (κ1) is 9.85. The molecule has 16 heavy (non-hydrogen) atoms. The second kappa shape index (κ2) is 3.59. The molecule has 0 radical (unpaired) electrons. The summed E-state index contributed by atoms with van der Waals surface area (Å²) in [7, 11) is 0. The largest absolute Gasteiger partial charge is 0.357 e. The molecule has 1 saturated heterocycles. The molecule has 84 valence electrons. The van der Waals surface area contributed by atoms with E-state index >= 15 is 0 Å². The van der Waals surface area contributed by atoms with Crippen molar-refractivity contribution in [3.05, 3.63) is 35.3 Å². The third kappa shape index (κ3) is 1.43. The normalized spacial score (nSPS) is 20.8. The summed E-state index contributed by atoms with van der Waals surface area (Å²) in [6.45, 7) is 3.18. The lowest BCUT2D eigenvalue weighted by atomic mass is 10.1. The smallest absolute Gasteiger partial charge is 0.125 e. The summed E-state index contributed by atoms with van der Waals surface area (Å²) < 4.78 is 13.1. The molecule has 1 unspecified atom stereocenters. The number of fused-ring (bicyclic) bond motifs is 1. The summed E-state index contributed by atoms with van der Waals surface area (Å²) in [5, 5.41) is 4.59. The Morgan fingerprint density at radius 1 is 1.38 bits per heavy atom. The Morgan fingerprint density at radius 2 is 2.25 bits per heavy atom. The van der Waals surface area contributed by atoms with Crippen molar-refractivity contribution in [2.45, 2.75) is 25.8 Å². The van der Waals surface area contributed by atoms with Gasteiger partial charge in [0.15, 0.2) is 0 Å². The van der Waals surface area contributed by atoms with Crippen molar-refractivity contribution in [3.8, 4) is 0 Å². The maximum absolute atomic E-state index is 13.1. The summed E-state index contributed by atoms with van der Waals surface area (Å²) in [4.78, 5) is 3.34. The van der Waals surface area contributed by atoms with Crippen LogP contribution in [0.2, 0.25) is 0 Å². The quantitative estimate of drug-likeness (QED) is 0.756. The Kier molecular flexibility index (Phi) is 2.21. The number of aromatic nitrogens is 1. The highest BCUT2D eigenvalue weighted by atomic mass is 19.1. The Labute approximate surface area is 93.9 Å². The maximum Gasteiger partial charge on any atom is 0.125 e. The van der Waals surface area contributed by atoms with Crippen LogP contribution < -0.4 is 5.32 Å². The molecule has 3 heteroatoms. The first-order valence-electron chi connectivity index (χ1n) is 5.77. The van der Waals surface area contributed by atoms with Crippen molar-refractivity contribution in [1.29, 1.82) is 0 Å². The number of benzene rings is 1. The van der Waals surface area contributed by atoms with E-state index in [2.05, 4.69) is 17.2 Å². The number of aryl methyl sites for hydroxylation is 1. The van der Waals surface area contributed by atoms with Crippen LogP contribution in [0.4, 0.5) is 4.39 Å². The lowest BCUT2D eigenvalue weighted by Crippen LogP contribution is -2.13. The Bertz CT molecular complexity index is 524. The first-order valence-corrected chi connectivity index (χ1v) is 5.77. The van der Waals surface area contributed by atoms with Gasteiger partial charge in [-0.25, -0.2) is 4.39 Å². The number of nitrogens with one attached hydrogen (secondary N) is 2. The summed E-state index contributed by atoms with van der Waals surface area (Å²) >= 11 is 0. The van der Waals surface area contributed by atoms with Gasteiger partial charge >= 0.3 is 0 Å². The average molecular weight is 218 g/mol. The van der Waals surface area contributed by atoms with Crippen molar-refractivity contribution < 1.29 is 4.39 Å². The lowest BCUT2D eigenvalue weighted by molar-refractivity contribution is 0.626. The molecule has 1 fully saturated rings. The first-order chi connectivity index (χ1) is 7.75. The van der Waals surface area contributed by atoms with E-state index in [0.29, 0.717) is 6.04 Å². The maximum atomic E-state index is 13.1. The van der Waals surface area contributed by atoms with E-state index in [0.717, 1.165) is 23.9 Å². The van der Waals surface area contributed by atoms with Gasteiger partial charge in [-0.3, -0.25) is 0 Å². The van der Waals surface area contributed by atoms with Crippen molar-refractivity contribution in [2.75, 3.05) is 6.54 Å². The number of hydrogen-bond donors (Lipinski definition) is 2. The van der Waals surface area contributed by atoms with Crippen LogP contribution in [0.3, 0.4) is 0 Å². The number of H-pyrrole nitrogens is 1. The summed E-state index contributed by atoms with van der Waals surface area (Å²) in [6, 6.07) is 5.36. The van der Waals surface area contributed by atoms with Gasteiger partial charge in [0.25, 0.3) is 0 Å². The minimum absolute atomic E-state index is 0.181. The van der Waals surface area contributed by atoms with Gasteiger partial charge in [0.2, 0.25) is 0 Å². The molecular weight excluding hydrogens is 203 g/mol. The second-order valence-electron chi connectivity index (χ2n) is 4.50. The molecule has 0 bridgehead atoms. The van der Waals surface area contributed by atoms with E-state index < -0.39 is 0 Å². The Morgan fingerprint density at radius 3 is 3.00 bits per heavy atom. The molecule has 0 amide bonds. The van der Waals surface area contributed by atoms with E-state index in [9.17, 15) is 4.39 Å². The van der Waals surface area contributed by atoms with Crippen LogP contribution in [0.25, 0.3) is 10.9 Å². The van der Waals surface area contributed by atoms with Crippen LogP contribution in [0, 0.1) is 12.7 Å². The molecule has 1 atom stereocenters. The molecule has 2 heterocycles. The van der Waals surface area contributed by atoms with Gasteiger partial charge in [-0.2, -0.15) is 0 Å². The fourth-order valence-electron chi connectivity index (χ4n) is 2.61. The molecule has 1 aromatic heterocycles. The number of rotatable bonds is 1. The van der Waals surface area contributed by atoms with Crippen molar-refractivity contribution in [3.63, 3.8) is 0 Å². The lowest BCUT2D eigenvalue weighted by Gasteiger charge is -2.09. The minimum atomic E-state index is -0.181. The van der Waals surface area contributed by atoms with Crippen molar-refractivity contribution in [2.24, 2.45) is 0 Å². The highest BCUT2D eigenvalue weighted by Gasteiger charge is 2.20. The fourth-order valence-corrected chi connectivity index (χ4v) is 2.61. The molecule has 2 N–H and O–H groups in total. The van der Waals surface area contributed by atoms with Crippen LogP contribution in [0.5, 0.6) is 0 Å². The Hall–Kier alpha value is -1.35. The highest BCUT2D eigenvalue weighted by molar-refractivity contribution is 5.84. The number of aromatic amines is 1. The zero-order chi connectivity index (χ0) is 11.1. The van der Waals surface area contributed by atoms with Crippen LogP contribution in [-0.2, 0) is 0 Å². The van der Waals surface area contributed by atoms with Gasteiger partial charge in [-0.1, -0.05) is 0 Å². The fraction of sp³-hybridized carbons (Fsp3) is 0.385. The standard InChI is InChI=1S/C13H15FN2/c1-8-10-5-4-9(14)7-12(10)16-13(8)11-3-2-6-15-11/h4-5,7,11,15-16H,2-3,6H2,1H3. The van der Waals surface area contributed by atoms with Gasteiger partial charge in [0.05, 0.1) is 0 Å². The van der Waals surface area contributed by atoms with E-state index in [1.807, 2.05) is 6.07 Å². The van der Waals surface area contributed by atoms with Gasteiger partial charge in [-0.05, 0) is 50.1 Å². The average Bonchev–Trinajstić information content (AvgIpc) is 2.86. The molecule has 3 rings (SSSR count). The molecule has 2 aromatic rings. The molecule has 2 nitrogen and oxygen atoms in total. The van der Waals surface area contributed by atoms with E-state index in [1.54, 1.807) is 6.07 Å². The van der Waals surface area contributed by atoms with E-state index in [1.165, 1.54) is 23.7 Å². The molecule has 0 aliphatic carbocycles. The predicted molar refractivity (Wildman–Crippen MR) is 63.0 cm³/mol. The third-order valence-corrected chi connectivity index (χ3v) is 3.47. The van der Waals surface area contributed by atoms with Gasteiger partial charge in [0, 0.05) is 22.6 Å². The molecule has 1 aliphatic rings. The minimum Gasteiger partial charge on any atom is -0.357 e. The predicted octanol–water partition coefficient (Wildman–Crippen LogP) is 3.04. The highest BCUT2D eigenvalue weighted by Crippen LogP contribution is 2.30. The van der Waals surface area contributed by atoms with Crippen molar-refractivity contribution >= 4 is 10.9 Å². The van der Waals surface area contributed by atoms with Gasteiger partial charge in [0.1, 0.15) is 5.82 Å². The van der Waals surface area contributed by atoms with E-state index in [4.69, 9.17) is 0 Å². The second-order valence-corrected chi connectivity index (χ2v) is 4.50. The molecule has 0 spiro atoms. The van der Waals surface area contributed by atoms with Gasteiger partial charge < -0.3 is 10.3 Å². The SMILES string of the molecule is Cc1c(C2CCCN2)[nH]c2cc(F)ccc12. The van der Waals surface area contributed by atoms with Crippen molar-refractivity contribution in [1.82, 2.24) is 10.3 Å². The third-order valence-electron chi connectivity index (χ3n) is 3.47. The van der Waals surface area contributed by atoms with Crippen LogP contribution in [0.15, 0.2) is 18.2 Å².